The molecule has 1 aliphatic rings. The van der Waals surface area contributed by atoms with Crippen LogP contribution in [-0.4, -0.2) is 5.78 Å². The molecule has 0 spiro atoms. The second-order valence-electron chi connectivity index (χ2n) is 5.44. The number of carbonyl (C=O) groups is 1. The van der Waals surface area contributed by atoms with Crippen LogP contribution >= 0.6 is 0 Å². The standard InChI is InChI=1S/C16H19FO/c1-16(2,13-8-10-14(17)11-9-13)15(18)12-6-4-3-5-7-12/h6,8-11H,3-5,7H2,1-2H3. The van der Waals surface area contributed by atoms with Crippen LogP contribution in [-0.2, 0) is 10.2 Å². The van der Waals surface area contributed by atoms with Gasteiger partial charge in [0.25, 0.3) is 0 Å². The molecule has 96 valence electrons. The van der Waals surface area contributed by atoms with Crippen molar-refractivity contribution in [3.05, 3.63) is 47.3 Å². The van der Waals surface area contributed by atoms with Crippen LogP contribution in [0, 0.1) is 5.82 Å². The lowest BCUT2D eigenvalue weighted by molar-refractivity contribution is -0.120. The van der Waals surface area contributed by atoms with Gasteiger partial charge >= 0.3 is 0 Å². The molecular weight excluding hydrogens is 227 g/mol. The van der Waals surface area contributed by atoms with E-state index in [0.29, 0.717) is 0 Å². The summed E-state index contributed by atoms with van der Waals surface area (Å²) in [5, 5.41) is 0. The van der Waals surface area contributed by atoms with E-state index < -0.39 is 5.41 Å². The fourth-order valence-corrected chi connectivity index (χ4v) is 2.44. The van der Waals surface area contributed by atoms with Crippen LogP contribution in [0.5, 0.6) is 0 Å². The molecule has 0 N–H and O–H groups in total. The third-order valence-corrected chi connectivity index (χ3v) is 3.72. The molecule has 1 aromatic rings. The van der Waals surface area contributed by atoms with Crippen molar-refractivity contribution in [3.63, 3.8) is 0 Å². The minimum Gasteiger partial charge on any atom is -0.294 e. The zero-order chi connectivity index (χ0) is 13.2. The smallest absolute Gasteiger partial charge is 0.168 e. The van der Waals surface area contributed by atoms with Crippen molar-refractivity contribution in [2.45, 2.75) is 44.9 Å². The second-order valence-corrected chi connectivity index (χ2v) is 5.44. The van der Waals surface area contributed by atoms with Gasteiger partial charge in [-0.3, -0.25) is 4.79 Å². The topological polar surface area (TPSA) is 17.1 Å². The molecule has 0 saturated heterocycles. The summed E-state index contributed by atoms with van der Waals surface area (Å²) in [5.41, 5.74) is 1.24. The fourth-order valence-electron chi connectivity index (χ4n) is 2.44. The van der Waals surface area contributed by atoms with E-state index >= 15 is 0 Å². The quantitative estimate of drug-likeness (QED) is 0.782. The number of halogens is 1. The normalized spacial score (nSPS) is 16.3. The van der Waals surface area contributed by atoms with E-state index in [9.17, 15) is 9.18 Å². The number of benzene rings is 1. The van der Waals surface area contributed by atoms with Gasteiger partial charge in [0, 0.05) is 0 Å². The van der Waals surface area contributed by atoms with Gasteiger partial charge in [0.1, 0.15) is 5.82 Å². The first kappa shape index (κ1) is 13.0. The number of rotatable bonds is 3. The Balaban J connectivity index is 2.27. The summed E-state index contributed by atoms with van der Waals surface area (Å²) < 4.78 is 12.9. The highest BCUT2D eigenvalue weighted by atomic mass is 19.1. The predicted molar refractivity (Wildman–Crippen MR) is 71.0 cm³/mol. The van der Waals surface area contributed by atoms with Gasteiger partial charge in [-0.2, -0.15) is 0 Å². The number of ketones is 1. The van der Waals surface area contributed by atoms with E-state index in [0.717, 1.165) is 30.4 Å². The molecule has 0 atom stereocenters. The molecule has 1 aromatic carbocycles. The first-order valence-electron chi connectivity index (χ1n) is 6.51. The second kappa shape index (κ2) is 5.05. The van der Waals surface area contributed by atoms with Gasteiger partial charge in [-0.15, -0.1) is 0 Å². The van der Waals surface area contributed by atoms with E-state index in [1.165, 1.54) is 18.6 Å². The summed E-state index contributed by atoms with van der Waals surface area (Å²) >= 11 is 0. The Hall–Kier alpha value is -1.44. The molecule has 0 amide bonds. The van der Waals surface area contributed by atoms with Crippen LogP contribution in [0.15, 0.2) is 35.9 Å². The van der Waals surface area contributed by atoms with Gasteiger partial charge in [0.05, 0.1) is 5.41 Å². The molecule has 0 radical (unpaired) electrons. The van der Waals surface area contributed by atoms with Crippen molar-refractivity contribution in [1.29, 1.82) is 0 Å². The average molecular weight is 246 g/mol. The molecule has 0 heterocycles. The number of hydrogen-bond donors (Lipinski definition) is 0. The highest BCUT2D eigenvalue weighted by molar-refractivity contribution is 6.03. The monoisotopic (exact) mass is 246 g/mol. The molecule has 2 heteroatoms. The summed E-state index contributed by atoms with van der Waals surface area (Å²) in [6.45, 7) is 3.83. The SMILES string of the molecule is CC(C)(C(=O)C1=CCCCC1)c1ccc(F)cc1. The zero-order valence-electron chi connectivity index (χ0n) is 11.0. The van der Waals surface area contributed by atoms with Crippen molar-refractivity contribution in [2.24, 2.45) is 0 Å². The third-order valence-electron chi connectivity index (χ3n) is 3.72. The van der Waals surface area contributed by atoms with Crippen LogP contribution in [0.3, 0.4) is 0 Å². The van der Waals surface area contributed by atoms with E-state index in [-0.39, 0.29) is 11.6 Å². The number of allylic oxidation sites excluding steroid dienone is 2. The summed E-state index contributed by atoms with van der Waals surface area (Å²) in [7, 11) is 0. The zero-order valence-corrected chi connectivity index (χ0v) is 11.0. The Morgan fingerprint density at radius 2 is 1.83 bits per heavy atom. The molecule has 0 unspecified atom stereocenters. The van der Waals surface area contributed by atoms with Gasteiger partial charge in [-0.25, -0.2) is 4.39 Å². The van der Waals surface area contributed by atoms with E-state index in [1.807, 2.05) is 13.8 Å². The minimum atomic E-state index is -0.573. The molecule has 18 heavy (non-hydrogen) atoms. The summed E-state index contributed by atoms with van der Waals surface area (Å²) in [5.74, 6) is -0.0901. The molecule has 0 aromatic heterocycles. The van der Waals surface area contributed by atoms with Crippen molar-refractivity contribution in [3.8, 4) is 0 Å². The van der Waals surface area contributed by atoms with Gasteiger partial charge in [0.15, 0.2) is 5.78 Å². The Morgan fingerprint density at radius 1 is 1.17 bits per heavy atom. The first-order chi connectivity index (χ1) is 8.51. The Kier molecular flexibility index (Phi) is 3.65. The molecule has 1 aliphatic carbocycles. The molecular formula is C16H19FO. The lowest BCUT2D eigenvalue weighted by Gasteiger charge is -2.26. The van der Waals surface area contributed by atoms with Crippen molar-refractivity contribution >= 4 is 5.78 Å². The van der Waals surface area contributed by atoms with Crippen LogP contribution in [0.4, 0.5) is 4.39 Å². The maximum atomic E-state index is 12.9. The fraction of sp³-hybridized carbons (Fsp3) is 0.438. The van der Waals surface area contributed by atoms with Gasteiger partial charge < -0.3 is 0 Å². The van der Waals surface area contributed by atoms with Crippen LogP contribution in [0.25, 0.3) is 0 Å². The van der Waals surface area contributed by atoms with E-state index in [4.69, 9.17) is 0 Å². The lowest BCUT2D eigenvalue weighted by Crippen LogP contribution is -2.31. The third kappa shape index (κ3) is 2.53. The predicted octanol–water partition coefficient (Wildman–Crippen LogP) is 4.17. The van der Waals surface area contributed by atoms with Gasteiger partial charge in [0.2, 0.25) is 0 Å². The molecule has 0 saturated carbocycles. The lowest BCUT2D eigenvalue weighted by atomic mass is 9.76. The maximum absolute atomic E-state index is 12.9. The van der Waals surface area contributed by atoms with Crippen molar-refractivity contribution in [1.82, 2.24) is 0 Å². The van der Waals surface area contributed by atoms with Crippen molar-refractivity contribution in [2.75, 3.05) is 0 Å². The Labute approximate surface area is 108 Å². The number of Topliss-reactive ketones (excluding diaryl/α,β-unsaturated/α-hetero) is 1. The van der Waals surface area contributed by atoms with Gasteiger partial charge in [-0.05, 0) is 62.8 Å². The summed E-state index contributed by atoms with van der Waals surface area (Å²) in [4.78, 5) is 12.5. The van der Waals surface area contributed by atoms with Crippen LogP contribution < -0.4 is 0 Å². The Morgan fingerprint density at radius 3 is 2.39 bits per heavy atom. The highest BCUT2D eigenvalue weighted by Crippen LogP contribution is 2.31. The first-order valence-corrected chi connectivity index (χ1v) is 6.51. The average Bonchev–Trinajstić information content (AvgIpc) is 2.39. The Bertz CT molecular complexity index is 468. The van der Waals surface area contributed by atoms with Crippen LogP contribution in [0.2, 0.25) is 0 Å². The number of hydrogen-bond acceptors (Lipinski definition) is 1. The molecule has 2 rings (SSSR count). The summed E-state index contributed by atoms with van der Waals surface area (Å²) in [6, 6.07) is 6.24. The largest absolute Gasteiger partial charge is 0.294 e. The molecule has 1 nitrogen and oxygen atoms in total. The van der Waals surface area contributed by atoms with Crippen LogP contribution in [0.1, 0.15) is 45.1 Å². The number of carbonyl (C=O) groups excluding carboxylic acids is 1. The maximum Gasteiger partial charge on any atom is 0.168 e. The molecule has 0 bridgehead atoms. The van der Waals surface area contributed by atoms with E-state index in [2.05, 4.69) is 6.08 Å². The minimum absolute atomic E-state index is 0.175. The molecule has 0 aliphatic heterocycles. The highest BCUT2D eigenvalue weighted by Gasteiger charge is 2.32. The summed E-state index contributed by atoms with van der Waals surface area (Å²) in [6.07, 6.45) is 6.21. The van der Waals surface area contributed by atoms with E-state index in [1.54, 1.807) is 12.1 Å². The molecule has 0 fully saturated rings. The van der Waals surface area contributed by atoms with Crippen molar-refractivity contribution < 1.29 is 9.18 Å². The van der Waals surface area contributed by atoms with Gasteiger partial charge in [-0.1, -0.05) is 18.2 Å².